The average Bonchev–Trinajstić information content (AvgIpc) is 2.65. The third kappa shape index (κ3) is 2.81. The summed E-state index contributed by atoms with van der Waals surface area (Å²) in [5, 5.41) is 0.424. The number of nitrogen functional groups attached to an aromatic ring is 1. The van der Waals surface area contributed by atoms with Crippen LogP contribution in [0.4, 0.5) is 18.3 Å². The van der Waals surface area contributed by atoms with Gasteiger partial charge in [0.2, 0.25) is 0 Å². The van der Waals surface area contributed by atoms with Crippen molar-refractivity contribution in [3.05, 3.63) is 46.0 Å². The number of thiazole rings is 1. The summed E-state index contributed by atoms with van der Waals surface area (Å²) in [5.74, 6) is 0. The number of aryl methyl sites for hydroxylation is 1. The Morgan fingerprint density at radius 2 is 2.06 bits per heavy atom. The topological polar surface area (TPSA) is 38.9 Å². The maximum absolute atomic E-state index is 12.7. The van der Waals surface area contributed by atoms with Crippen LogP contribution in [0.15, 0.2) is 24.4 Å². The van der Waals surface area contributed by atoms with Crippen LogP contribution in [0.3, 0.4) is 0 Å². The Morgan fingerprint density at radius 3 is 2.61 bits per heavy atom. The number of nitrogens with two attached hydrogens (primary N) is 1. The second-order valence-electron chi connectivity index (χ2n) is 3.99. The molecule has 0 radical (unpaired) electrons. The van der Waals surface area contributed by atoms with Gasteiger partial charge in [-0.15, -0.1) is 11.3 Å². The second-order valence-corrected chi connectivity index (χ2v) is 5.14. The molecule has 1 aromatic carbocycles. The molecule has 2 N–H and O–H groups in total. The minimum atomic E-state index is -4.31. The predicted octanol–water partition coefficient (Wildman–Crippen LogP) is 3.64. The minimum absolute atomic E-state index is 0.232. The summed E-state index contributed by atoms with van der Waals surface area (Å²) >= 11 is 1.29. The predicted molar refractivity (Wildman–Crippen MR) is 65.5 cm³/mol. The van der Waals surface area contributed by atoms with Crippen molar-refractivity contribution in [2.75, 3.05) is 5.73 Å². The molecule has 0 aliphatic heterocycles. The van der Waals surface area contributed by atoms with Gasteiger partial charge in [0.25, 0.3) is 0 Å². The molecular weight excluding hydrogens is 261 g/mol. The Hall–Kier alpha value is -1.56. The van der Waals surface area contributed by atoms with Crippen LogP contribution >= 0.6 is 11.3 Å². The van der Waals surface area contributed by atoms with Gasteiger partial charge >= 0.3 is 6.18 Å². The first-order valence-corrected chi connectivity index (χ1v) is 6.05. The van der Waals surface area contributed by atoms with Crippen molar-refractivity contribution in [3.8, 4) is 0 Å². The van der Waals surface area contributed by atoms with Gasteiger partial charge < -0.3 is 5.73 Å². The Morgan fingerprint density at radius 1 is 1.33 bits per heavy atom. The standard InChI is InChI=1S/C12H11F3N2S/c1-7-2-3-8(5-10(7)12(13,14)15)4-9-6-17-11(16)18-9/h2-3,5-6H,4H2,1H3,(H2,16,17). The zero-order valence-electron chi connectivity index (χ0n) is 9.58. The summed E-state index contributed by atoms with van der Waals surface area (Å²) in [4.78, 5) is 4.73. The van der Waals surface area contributed by atoms with Crippen LogP contribution in [0.1, 0.15) is 21.6 Å². The summed E-state index contributed by atoms with van der Waals surface area (Å²) in [5.41, 5.74) is 5.74. The van der Waals surface area contributed by atoms with Crippen LogP contribution in [0.2, 0.25) is 0 Å². The number of nitrogens with zero attached hydrogens (tertiary/aromatic N) is 1. The van der Waals surface area contributed by atoms with E-state index in [1.54, 1.807) is 12.3 Å². The van der Waals surface area contributed by atoms with Gasteiger partial charge in [0.15, 0.2) is 5.13 Å². The van der Waals surface area contributed by atoms with E-state index in [-0.39, 0.29) is 5.56 Å². The van der Waals surface area contributed by atoms with Crippen LogP contribution in [0, 0.1) is 6.92 Å². The molecule has 2 aromatic rings. The van der Waals surface area contributed by atoms with Crippen molar-refractivity contribution in [2.45, 2.75) is 19.5 Å². The van der Waals surface area contributed by atoms with E-state index in [1.165, 1.54) is 30.4 Å². The van der Waals surface area contributed by atoms with Gasteiger partial charge in [0.1, 0.15) is 0 Å². The largest absolute Gasteiger partial charge is 0.416 e. The van der Waals surface area contributed by atoms with Crippen molar-refractivity contribution in [2.24, 2.45) is 0 Å². The molecule has 0 aliphatic rings. The van der Waals surface area contributed by atoms with E-state index in [4.69, 9.17) is 5.73 Å². The first-order chi connectivity index (χ1) is 8.36. The van der Waals surface area contributed by atoms with Gasteiger partial charge in [0.05, 0.1) is 5.56 Å². The molecular formula is C12H11F3N2S. The molecule has 0 saturated carbocycles. The van der Waals surface area contributed by atoms with Crippen molar-refractivity contribution >= 4 is 16.5 Å². The zero-order chi connectivity index (χ0) is 13.3. The lowest BCUT2D eigenvalue weighted by molar-refractivity contribution is -0.138. The molecule has 0 aliphatic carbocycles. The van der Waals surface area contributed by atoms with Gasteiger partial charge in [0, 0.05) is 17.5 Å². The fraction of sp³-hybridized carbons (Fsp3) is 0.250. The smallest absolute Gasteiger partial charge is 0.375 e. The van der Waals surface area contributed by atoms with E-state index < -0.39 is 11.7 Å². The number of alkyl halides is 3. The van der Waals surface area contributed by atoms with Crippen LogP contribution in [0.25, 0.3) is 0 Å². The van der Waals surface area contributed by atoms with Crippen LogP contribution < -0.4 is 5.73 Å². The Bertz CT molecular complexity index is 561. The molecule has 6 heteroatoms. The van der Waals surface area contributed by atoms with Crippen molar-refractivity contribution in [1.29, 1.82) is 0 Å². The van der Waals surface area contributed by atoms with E-state index >= 15 is 0 Å². The minimum Gasteiger partial charge on any atom is -0.375 e. The summed E-state index contributed by atoms with van der Waals surface area (Å²) in [6.07, 6.45) is -2.31. The molecule has 1 heterocycles. The molecule has 0 atom stereocenters. The highest BCUT2D eigenvalue weighted by Crippen LogP contribution is 2.33. The van der Waals surface area contributed by atoms with Crippen LogP contribution in [-0.4, -0.2) is 4.98 Å². The molecule has 0 spiro atoms. The number of hydrogen-bond donors (Lipinski definition) is 1. The molecule has 96 valence electrons. The van der Waals surface area contributed by atoms with E-state index in [1.807, 2.05) is 0 Å². The number of rotatable bonds is 2. The summed E-state index contributed by atoms with van der Waals surface area (Å²) in [6, 6.07) is 4.37. The highest BCUT2D eigenvalue weighted by atomic mass is 32.1. The van der Waals surface area contributed by atoms with Gasteiger partial charge in [-0.1, -0.05) is 12.1 Å². The quantitative estimate of drug-likeness (QED) is 0.906. The van der Waals surface area contributed by atoms with Crippen molar-refractivity contribution in [1.82, 2.24) is 4.98 Å². The normalized spacial score (nSPS) is 11.8. The van der Waals surface area contributed by atoms with E-state index in [2.05, 4.69) is 4.98 Å². The molecule has 2 rings (SSSR count). The molecule has 0 saturated heterocycles. The average molecular weight is 272 g/mol. The van der Waals surface area contributed by atoms with Gasteiger partial charge in [-0.05, 0) is 24.1 Å². The monoisotopic (exact) mass is 272 g/mol. The second kappa shape index (κ2) is 4.61. The van der Waals surface area contributed by atoms with Crippen molar-refractivity contribution < 1.29 is 13.2 Å². The summed E-state index contributed by atoms with van der Waals surface area (Å²) in [7, 11) is 0. The highest BCUT2D eigenvalue weighted by molar-refractivity contribution is 7.15. The molecule has 18 heavy (non-hydrogen) atoms. The van der Waals surface area contributed by atoms with Crippen LogP contribution in [0.5, 0.6) is 0 Å². The first kappa shape index (κ1) is 12.9. The lowest BCUT2D eigenvalue weighted by Gasteiger charge is -2.11. The highest BCUT2D eigenvalue weighted by Gasteiger charge is 2.32. The Balaban J connectivity index is 2.30. The SMILES string of the molecule is Cc1ccc(Cc2cnc(N)s2)cc1C(F)(F)F. The number of anilines is 1. The van der Waals surface area contributed by atoms with E-state index in [0.717, 1.165) is 4.88 Å². The van der Waals surface area contributed by atoms with E-state index in [0.29, 0.717) is 17.1 Å². The number of hydrogen-bond acceptors (Lipinski definition) is 3. The van der Waals surface area contributed by atoms with Crippen molar-refractivity contribution in [3.63, 3.8) is 0 Å². The maximum atomic E-state index is 12.7. The third-order valence-corrected chi connectivity index (χ3v) is 3.38. The summed E-state index contributed by atoms with van der Waals surface area (Å²) < 4.78 is 38.2. The molecule has 0 unspecified atom stereocenters. The molecule has 2 nitrogen and oxygen atoms in total. The summed E-state index contributed by atoms with van der Waals surface area (Å²) in [6.45, 7) is 1.46. The lowest BCUT2D eigenvalue weighted by Crippen LogP contribution is -2.08. The fourth-order valence-corrected chi connectivity index (χ4v) is 2.41. The van der Waals surface area contributed by atoms with Gasteiger partial charge in [-0.2, -0.15) is 13.2 Å². The molecule has 0 amide bonds. The number of aromatic nitrogens is 1. The number of halogens is 3. The van der Waals surface area contributed by atoms with Gasteiger partial charge in [-0.25, -0.2) is 4.98 Å². The first-order valence-electron chi connectivity index (χ1n) is 5.23. The fourth-order valence-electron chi connectivity index (χ4n) is 1.69. The van der Waals surface area contributed by atoms with Crippen LogP contribution in [-0.2, 0) is 12.6 Å². The Kier molecular flexibility index (Phi) is 3.30. The van der Waals surface area contributed by atoms with Gasteiger partial charge in [-0.3, -0.25) is 0 Å². The third-order valence-electron chi connectivity index (χ3n) is 2.56. The zero-order valence-corrected chi connectivity index (χ0v) is 10.4. The maximum Gasteiger partial charge on any atom is 0.416 e. The number of benzene rings is 1. The lowest BCUT2D eigenvalue weighted by atomic mass is 10.0. The molecule has 0 bridgehead atoms. The Labute approximate surface area is 106 Å². The van der Waals surface area contributed by atoms with E-state index in [9.17, 15) is 13.2 Å². The molecule has 1 aromatic heterocycles. The molecule has 0 fully saturated rings.